The van der Waals surface area contributed by atoms with Crippen LogP contribution >= 0.6 is 0 Å². The summed E-state index contributed by atoms with van der Waals surface area (Å²) in [4.78, 5) is 24.5. The lowest BCUT2D eigenvalue weighted by Crippen LogP contribution is -2.45. The normalized spacial score (nSPS) is 12.7. The SMILES string of the molecule is CCCCCC/C=C\CCCCCCCC(=O)OCCCCCCCCCCCCCCC(=O)NC(CO)C(O)CCCCCCCCCCCCCCCCCCCCC. The summed E-state index contributed by atoms with van der Waals surface area (Å²) in [6.45, 7) is 4.92. The fourth-order valence-electron chi connectivity index (χ4n) is 8.58. The summed E-state index contributed by atoms with van der Waals surface area (Å²) in [6, 6.07) is -0.553. The number of hydrogen-bond acceptors (Lipinski definition) is 5. The Kier molecular flexibility index (Phi) is 50.1. The number of esters is 1. The third-order valence-electron chi connectivity index (χ3n) is 12.8. The molecule has 0 aromatic rings. The van der Waals surface area contributed by atoms with Gasteiger partial charge in [-0.25, -0.2) is 0 Å². The van der Waals surface area contributed by atoms with Crippen molar-refractivity contribution in [3.05, 3.63) is 12.2 Å². The van der Waals surface area contributed by atoms with E-state index in [0.29, 0.717) is 25.9 Å². The van der Waals surface area contributed by atoms with Gasteiger partial charge in [0.25, 0.3) is 0 Å². The molecule has 6 nitrogen and oxygen atoms in total. The lowest BCUT2D eigenvalue weighted by molar-refractivity contribution is -0.143. The zero-order valence-corrected chi connectivity index (χ0v) is 41.2. The number of carbonyl (C=O) groups excluding carboxylic acids is 2. The van der Waals surface area contributed by atoms with E-state index in [4.69, 9.17) is 4.74 Å². The van der Waals surface area contributed by atoms with Gasteiger partial charge in [-0.2, -0.15) is 0 Å². The number of nitrogens with one attached hydrogen (secondary N) is 1. The quantitative estimate of drug-likeness (QED) is 0.0322. The molecule has 362 valence electrons. The Morgan fingerprint density at radius 1 is 0.443 bits per heavy atom. The third kappa shape index (κ3) is 47.9. The highest BCUT2D eigenvalue weighted by Crippen LogP contribution is 2.17. The highest BCUT2D eigenvalue weighted by Gasteiger charge is 2.20. The van der Waals surface area contributed by atoms with Crippen molar-refractivity contribution >= 4 is 11.9 Å². The molecule has 0 saturated carbocycles. The van der Waals surface area contributed by atoms with Crippen LogP contribution in [-0.2, 0) is 14.3 Å². The molecule has 0 aliphatic rings. The number of hydrogen-bond donors (Lipinski definition) is 3. The smallest absolute Gasteiger partial charge is 0.305 e. The molecule has 61 heavy (non-hydrogen) atoms. The molecule has 0 heterocycles. The molecule has 0 radical (unpaired) electrons. The maximum absolute atomic E-state index is 12.5. The lowest BCUT2D eigenvalue weighted by Gasteiger charge is -2.22. The van der Waals surface area contributed by atoms with Crippen molar-refractivity contribution < 1.29 is 24.5 Å². The molecule has 1 amide bonds. The van der Waals surface area contributed by atoms with E-state index >= 15 is 0 Å². The number of ether oxygens (including phenoxy) is 1. The molecule has 2 atom stereocenters. The average molecular weight is 862 g/mol. The highest BCUT2D eigenvalue weighted by molar-refractivity contribution is 5.76. The Hall–Kier alpha value is -1.40. The molecular formula is C55H107NO5. The molecule has 0 bridgehead atoms. The summed E-state index contributed by atoms with van der Waals surface area (Å²) in [7, 11) is 0. The standard InChI is InChI=1S/C55H107NO5/c1-3-5-7-9-11-13-15-17-18-19-20-21-22-24-27-31-35-39-43-47-53(58)52(51-57)56-54(59)48-44-40-36-32-28-25-26-30-34-38-42-46-50-61-55(60)49-45-41-37-33-29-23-16-14-12-10-8-6-4-2/h14,16,52-53,57-58H,3-13,15,17-51H2,1-2H3,(H,56,59)/b16-14-. The van der Waals surface area contributed by atoms with Gasteiger partial charge in [0.2, 0.25) is 5.91 Å². The Balaban J connectivity index is 3.46. The first-order valence-corrected chi connectivity index (χ1v) is 27.4. The van der Waals surface area contributed by atoms with Gasteiger partial charge in [-0.05, 0) is 51.4 Å². The monoisotopic (exact) mass is 862 g/mol. The second-order valence-electron chi connectivity index (χ2n) is 18.9. The second kappa shape index (κ2) is 51.2. The second-order valence-corrected chi connectivity index (χ2v) is 18.9. The molecule has 2 unspecified atom stereocenters. The van der Waals surface area contributed by atoms with Crippen molar-refractivity contribution in [2.24, 2.45) is 0 Å². The summed E-state index contributed by atoms with van der Waals surface area (Å²) >= 11 is 0. The van der Waals surface area contributed by atoms with E-state index in [2.05, 4.69) is 31.3 Å². The van der Waals surface area contributed by atoms with E-state index in [1.165, 1.54) is 212 Å². The molecule has 0 spiro atoms. The number of aliphatic hydroxyl groups is 2. The van der Waals surface area contributed by atoms with Gasteiger partial charge in [0.05, 0.1) is 25.4 Å². The maximum Gasteiger partial charge on any atom is 0.305 e. The Bertz CT molecular complexity index is 909. The van der Waals surface area contributed by atoms with Crippen LogP contribution in [0.4, 0.5) is 0 Å². The minimum absolute atomic E-state index is 0.0177. The fraction of sp³-hybridized carbons (Fsp3) is 0.927. The zero-order chi connectivity index (χ0) is 44.4. The zero-order valence-electron chi connectivity index (χ0n) is 41.2. The van der Waals surface area contributed by atoms with Crippen molar-refractivity contribution in [2.45, 2.75) is 315 Å². The first-order valence-electron chi connectivity index (χ1n) is 27.4. The summed E-state index contributed by atoms with van der Waals surface area (Å²) in [5.74, 6) is -0.0661. The highest BCUT2D eigenvalue weighted by atomic mass is 16.5. The van der Waals surface area contributed by atoms with E-state index in [1.807, 2.05) is 0 Å². The lowest BCUT2D eigenvalue weighted by atomic mass is 10.0. The summed E-state index contributed by atoms with van der Waals surface area (Å²) in [6.07, 6.45) is 59.0. The average Bonchev–Trinajstić information content (AvgIpc) is 3.26. The predicted octanol–water partition coefficient (Wildman–Crippen LogP) is 16.5. The van der Waals surface area contributed by atoms with E-state index < -0.39 is 12.1 Å². The third-order valence-corrected chi connectivity index (χ3v) is 12.8. The van der Waals surface area contributed by atoms with Gasteiger partial charge in [0.15, 0.2) is 0 Å². The topological polar surface area (TPSA) is 95.9 Å². The molecule has 0 fully saturated rings. The molecule has 0 saturated heterocycles. The molecule has 0 aromatic carbocycles. The molecule has 0 aliphatic carbocycles. The Morgan fingerprint density at radius 2 is 0.770 bits per heavy atom. The first-order chi connectivity index (χ1) is 30.0. The molecule has 6 heteroatoms. The first kappa shape index (κ1) is 59.6. The van der Waals surface area contributed by atoms with E-state index in [0.717, 1.165) is 57.8 Å². The number of unbranched alkanes of at least 4 members (excludes halogenated alkanes) is 38. The van der Waals surface area contributed by atoms with E-state index in [-0.39, 0.29) is 18.5 Å². The number of aliphatic hydroxyl groups excluding tert-OH is 2. The summed E-state index contributed by atoms with van der Waals surface area (Å²) in [5.41, 5.74) is 0. The van der Waals surface area contributed by atoms with Crippen molar-refractivity contribution in [1.29, 1.82) is 0 Å². The van der Waals surface area contributed by atoms with Gasteiger partial charge >= 0.3 is 5.97 Å². The minimum Gasteiger partial charge on any atom is -0.466 e. The number of carbonyl (C=O) groups is 2. The molecule has 0 aliphatic heterocycles. The van der Waals surface area contributed by atoms with Crippen LogP contribution in [0.5, 0.6) is 0 Å². The predicted molar refractivity (Wildman–Crippen MR) is 264 cm³/mol. The van der Waals surface area contributed by atoms with E-state index in [1.54, 1.807) is 0 Å². The van der Waals surface area contributed by atoms with Gasteiger partial charge in [-0.3, -0.25) is 9.59 Å². The van der Waals surface area contributed by atoms with Gasteiger partial charge in [0.1, 0.15) is 0 Å². The van der Waals surface area contributed by atoms with Crippen LogP contribution < -0.4 is 5.32 Å². The van der Waals surface area contributed by atoms with Crippen molar-refractivity contribution in [2.75, 3.05) is 13.2 Å². The largest absolute Gasteiger partial charge is 0.466 e. The molecular weight excluding hydrogens is 755 g/mol. The maximum atomic E-state index is 12.5. The van der Waals surface area contributed by atoms with Crippen molar-refractivity contribution in [1.82, 2.24) is 5.32 Å². The van der Waals surface area contributed by atoms with Crippen LogP contribution in [0.3, 0.4) is 0 Å². The van der Waals surface area contributed by atoms with Crippen molar-refractivity contribution in [3.8, 4) is 0 Å². The number of allylic oxidation sites excluding steroid dienone is 2. The van der Waals surface area contributed by atoms with Gasteiger partial charge in [-0.1, -0.05) is 251 Å². The van der Waals surface area contributed by atoms with Crippen LogP contribution in [0, 0.1) is 0 Å². The fourth-order valence-corrected chi connectivity index (χ4v) is 8.58. The minimum atomic E-state index is -0.674. The number of amides is 1. The molecule has 3 N–H and O–H groups in total. The van der Waals surface area contributed by atoms with Crippen LogP contribution in [-0.4, -0.2) is 47.4 Å². The van der Waals surface area contributed by atoms with Crippen LogP contribution in [0.25, 0.3) is 0 Å². The number of rotatable bonds is 51. The summed E-state index contributed by atoms with van der Waals surface area (Å²) in [5, 5.41) is 23.3. The van der Waals surface area contributed by atoms with Gasteiger partial charge in [-0.15, -0.1) is 0 Å². The van der Waals surface area contributed by atoms with Crippen LogP contribution in [0.15, 0.2) is 12.2 Å². The summed E-state index contributed by atoms with van der Waals surface area (Å²) < 4.78 is 5.45. The van der Waals surface area contributed by atoms with Crippen LogP contribution in [0.2, 0.25) is 0 Å². The van der Waals surface area contributed by atoms with Crippen molar-refractivity contribution in [3.63, 3.8) is 0 Å². The van der Waals surface area contributed by atoms with Crippen LogP contribution in [0.1, 0.15) is 303 Å². The van der Waals surface area contributed by atoms with Gasteiger partial charge in [0, 0.05) is 12.8 Å². The van der Waals surface area contributed by atoms with Gasteiger partial charge < -0.3 is 20.3 Å². The molecule has 0 aromatic heterocycles. The van der Waals surface area contributed by atoms with E-state index in [9.17, 15) is 19.8 Å². The Morgan fingerprint density at radius 3 is 1.18 bits per heavy atom. The Labute approximate surface area is 380 Å². The molecule has 0 rings (SSSR count).